The van der Waals surface area contributed by atoms with Gasteiger partial charge in [-0.15, -0.1) is 0 Å². The van der Waals surface area contributed by atoms with Gasteiger partial charge < -0.3 is 10.7 Å². The second kappa shape index (κ2) is 6.80. The Labute approximate surface area is 121 Å². The molecule has 7 heteroatoms. The maximum atomic E-state index is 12.9. The van der Waals surface area contributed by atoms with Gasteiger partial charge in [0.15, 0.2) is 0 Å². The zero-order chi connectivity index (χ0) is 16.2. The molecule has 0 bridgehead atoms. The van der Waals surface area contributed by atoms with Gasteiger partial charge >= 0.3 is 6.18 Å². The fraction of sp³-hybridized carbons (Fsp3) is 0.500. The second-order valence-corrected chi connectivity index (χ2v) is 5.30. The Bertz CT molecular complexity index is 501. The molecule has 1 rings (SSSR count). The molecule has 21 heavy (non-hydrogen) atoms. The largest absolute Gasteiger partial charge is 0.418 e. The van der Waals surface area contributed by atoms with Gasteiger partial charge in [0.2, 0.25) is 0 Å². The molecule has 4 nitrogen and oxygen atoms in total. The summed E-state index contributed by atoms with van der Waals surface area (Å²) in [5, 5.41) is 2.63. The summed E-state index contributed by atoms with van der Waals surface area (Å²) >= 11 is 0. The number of amides is 1. The molecule has 0 aromatic heterocycles. The Hall–Kier alpha value is -1.76. The number of hydrazine groups is 1. The van der Waals surface area contributed by atoms with Crippen molar-refractivity contribution in [3.8, 4) is 0 Å². The first-order valence-electron chi connectivity index (χ1n) is 6.63. The van der Waals surface area contributed by atoms with E-state index in [1.54, 1.807) is 0 Å². The van der Waals surface area contributed by atoms with Gasteiger partial charge in [0.1, 0.15) is 0 Å². The summed E-state index contributed by atoms with van der Waals surface area (Å²) in [6.45, 7) is 6.36. The lowest BCUT2D eigenvalue weighted by atomic mass is 9.98. The Morgan fingerprint density at radius 2 is 1.90 bits per heavy atom. The lowest BCUT2D eigenvalue weighted by Crippen LogP contribution is -2.31. The minimum atomic E-state index is -4.58. The van der Waals surface area contributed by atoms with Gasteiger partial charge in [0.25, 0.3) is 5.91 Å². The number of nitrogens with one attached hydrogen (secondary N) is 2. The van der Waals surface area contributed by atoms with E-state index in [-0.39, 0.29) is 11.5 Å². The normalized spacial score (nSPS) is 13.1. The van der Waals surface area contributed by atoms with Crippen molar-refractivity contribution in [1.82, 2.24) is 5.32 Å². The molecule has 0 aliphatic rings. The maximum absolute atomic E-state index is 12.9. The molecular weight excluding hydrogens is 283 g/mol. The van der Waals surface area contributed by atoms with E-state index in [4.69, 9.17) is 5.84 Å². The van der Waals surface area contributed by atoms with E-state index in [0.717, 1.165) is 6.07 Å². The van der Waals surface area contributed by atoms with Crippen LogP contribution in [0.25, 0.3) is 0 Å². The Morgan fingerprint density at radius 3 is 2.38 bits per heavy atom. The average Bonchev–Trinajstić information content (AvgIpc) is 2.42. The van der Waals surface area contributed by atoms with Crippen LogP contribution < -0.4 is 16.6 Å². The van der Waals surface area contributed by atoms with Crippen LogP contribution in [0.15, 0.2) is 18.2 Å². The van der Waals surface area contributed by atoms with Crippen LogP contribution in [0.1, 0.15) is 36.7 Å². The summed E-state index contributed by atoms with van der Waals surface area (Å²) in [7, 11) is 0. The van der Waals surface area contributed by atoms with Crippen LogP contribution in [0.4, 0.5) is 18.9 Å². The summed E-state index contributed by atoms with van der Waals surface area (Å²) in [5.41, 5.74) is 0.479. The Balaban J connectivity index is 3.00. The Kier molecular flexibility index (Phi) is 5.60. The third-order valence-electron chi connectivity index (χ3n) is 3.48. The molecule has 0 heterocycles. The number of rotatable bonds is 5. The van der Waals surface area contributed by atoms with Crippen LogP contribution in [-0.2, 0) is 6.18 Å². The number of benzene rings is 1. The number of hydrogen-bond donors (Lipinski definition) is 3. The van der Waals surface area contributed by atoms with Crippen LogP contribution >= 0.6 is 0 Å². The zero-order valence-electron chi connectivity index (χ0n) is 12.2. The molecule has 1 atom stereocenters. The van der Waals surface area contributed by atoms with Crippen LogP contribution in [0.3, 0.4) is 0 Å². The van der Waals surface area contributed by atoms with Crippen LogP contribution in [0, 0.1) is 11.8 Å². The first-order chi connectivity index (χ1) is 9.68. The minimum Gasteiger partial charge on any atom is -0.352 e. The summed E-state index contributed by atoms with van der Waals surface area (Å²) < 4.78 is 38.6. The molecular formula is C14H20F3N3O. The van der Waals surface area contributed by atoms with E-state index in [1.807, 2.05) is 26.2 Å². The van der Waals surface area contributed by atoms with Crippen molar-refractivity contribution < 1.29 is 18.0 Å². The van der Waals surface area contributed by atoms with E-state index in [1.165, 1.54) is 12.1 Å². The molecule has 0 spiro atoms. The first kappa shape index (κ1) is 17.3. The number of halogens is 3. The van der Waals surface area contributed by atoms with E-state index >= 15 is 0 Å². The molecule has 1 unspecified atom stereocenters. The topological polar surface area (TPSA) is 67.2 Å². The average molecular weight is 303 g/mol. The molecule has 4 N–H and O–H groups in total. The van der Waals surface area contributed by atoms with E-state index in [9.17, 15) is 18.0 Å². The lowest BCUT2D eigenvalue weighted by molar-refractivity contribution is -0.137. The summed E-state index contributed by atoms with van der Waals surface area (Å²) in [4.78, 5) is 12.1. The fourth-order valence-electron chi connectivity index (χ4n) is 1.72. The van der Waals surface area contributed by atoms with Crippen molar-refractivity contribution >= 4 is 11.6 Å². The first-order valence-corrected chi connectivity index (χ1v) is 6.63. The Morgan fingerprint density at radius 1 is 1.29 bits per heavy atom. The summed E-state index contributed by atoms with van der Waals surface area (Å²) in [6.07, 6.45) is -4.58. The molecule has 118 valence electrons. The third kappa shape index (κ3) is 4.35. The zero-order valence-corrected chi connectivity index (χ0v) is 12.2. The lowest BCUT2D eigenvalue weighted by Gasteiger charge is -2.18. The van der Waals surface area contributed by atoms with Gasteiger partial charge in [-0.25, -0.2) is 0 Å². The third-order valence-corrected chi connectivity index (χ3v) is 3.48. The number of carbonyl (C=O) groups excluding carboxylic acids is 1. The smallest absolute Gasteiger partial charge is 0.352 e. The predicted octanol–water partition coefficient (Wildman–Crippen LogP) is 3.01. The SMILES string of the molecule is CC(C)C(C)CNC(=O)c1cccc(C(F)(F)F)c1NN. The molecule has 0 saturated carbocycles. The van der Waals surface area contributed by atoms with Crippen molar-refractivity contribution in [1.29, 1.82) is 0 Å². The van der Waals surface area contributed by atoms with Crippen LogP contribution in [-0.4, -0.2) is 12.5 Å². The van der Waals surface area contributed by atoms with Gasteiger partial charge in [-0.1, -0.05) is 26.8 Å². The van der Waals surface area contributed by atoms with Crippen molar-refractivity contribution in [3.63, 3.8) is 0 Å². The maximum Gasteiger partial charge on any atom is 0.418 e. The molecule has 0 aliphatic heterocycles. The highest BCUT2D eigenvalue weighted by Gasteiger charge is 2.35. The van der Waals surface area contributed by atoms with Gasteiger partial charge in [0, 0.05) is 6.54 Å². The van der Waals surface area contributed by atoms with Gasteiger partial charge in [-0.2, -0.15) is 13.2 Å². The number of anilines is 1. The van der Waals surface area contributed by atoms with Gasteiger partial charge in [-0.3, -0.25) is 10.6 Å². The number of nitrogens with two attached hydrogens (primary N) is 1. The quantitative estimate of drug-likeness (QED) is 0.578. The monoisotopic (exact) mass is 303 g/mol. The highest BCUT2D eigenvalue weighted by molar-refractivity contribution is 6.00. The van der Waals surface area contributed by atoms with Crippen molar-refractivity contribution in [2.24, 2.45) is 17.7 Å². The number of para-hydroxylation sites is 1. The van der Waals surface area contributed by atoms with E-state index in [0.29, 0.717) is 12.5 Å². The van der Waals surface area contributed by atoms with Crippen molar-refractivity contribution in [2.75, 3.05) is 12.0 Å². The number of nitrogen functional groups attached to an aromatic ring is 1. The second-order valence-electron chi connectivity index (χ2n) is 5.30. The minimum absolute atomic E-state index is 0.122. The van der Waals surface area contributed by atoms with E-state index in [2.05, 4.69) is 5.32 Å². The molecule has 0 radical (unpaired) electrons. The summed E-state index contributed by atoms with van der Waals surface area (Å²) in [5.74, 6) is 5.16. The molecule has 1 aromatic carbocycles. The molecule has 1 amide bonds. The number of hydrogen-bond acceptors (Lipinski definition) is 3. The number of alkyl halides is 3. The van der Waals surface area contributed by atoms with Gasteiger partial charge in [0.05, 0.1) is 16.8 Å². The highest BCUT2D eigenvalue weighted by atomic mass is 19.4. The summed E-state index contributed by atoms with van der Waals surface area (Å²) in [6, 6.07) is 3.37. The highest BCUT2D eigenvalue weighted by Crippen LogP contribution is 2.36. The van der Waals surface area contributed by atoms with Crippen molar-refractivity contribution in [3.05, 3.63) is 29.3 Å². The van der Waals surface area contributed by atoms with Crippen LogP contribution in [0.2, 0.25) is 0 Å². The fourth-order valence-corrected chi connectivity index (χ4v) is 1.72. The molecule has 1 aromatic rings. The standard InChI is InChI=1S/C14H20F3N3O/c1-8(2)9(3)7-19-13(21)10-5-4-6-11(12(10)20-18)14(15,16)17/h4-6,8-9,20H,7,18H2,1-3H3,(H,19,21). The molecule has 0 fully saturated rings. The molecule has 0 saturated heterocycles. The molecule has 0 aliphatic carbocycles. The van der Waals surface area contributed by atoms with Crippen molar-refractivity contribution in [2.45, 2.75) is 26.9 Å². The number of carbonyl (C=O) groups is 1. The van der Waals surface area contributed by atoms with Gasteiger partial charge in [-0.05, 0) is 24.0 Å². The van der Waals surface area contributed by atoms with E-state index < -0.39 is 23.3 Å². The predicted molar refractivity (Wildman–Crippen MR) is 75.6 cm³/mol. The van der Waals surface area contributed by atoms with Crippen LogP contribution in [0.5, 0.6) is 0 Å².